The molecule has 0 bridgehead atoms. The van der Waals surface area contributed by atoms with E-state index in [4.69, 9.17) is 5.73 Å². The number of hydrogen-bond acceptors (Lipinski definition) is 4. The maximum Gasteiger partial charge on any atom is 0.181 e. The Morgan fingerprint density at radius 1 is 0.963 bits per heavy atom. The third-order valence-electron chi connectivity index (χ3n) is 5.46. The average Bonchev–Trinajstić information content (AvgIpc) is 3.26. The van der Waals surface area contributed by atoms with Crippen LogP contribution < -0.4 is 5.73 Å². The van der Waals surface area contributed by atoms with Gasteiger partial charge < -0.3 is 5.73 Å². The fourth-order valence-electron chi connectivity index (χ4n) is 4.15. The molecule has 1 unspecified atom stereocenters. The van der Waals surface area contributed by atoms with Gasteiger partial charge in [-0.3, -0.25) is 0 Å². The van der Waals surface area contributed by atoms with E-state index in [9.17, 15) is 0 Å². The lowest BCUT2D eigenvalue weighted by Gasteiger charge is -2.20. The Morgan fingerprint density at radius 2 is 1.85 bits per heavy atom. The zero-order valence-corrected chi connectivity index (χ0v) is 16.1. The first kappa shape index (κ1) is 15.4. The Balaban J connectivity index is 1.55. The van der Waals surface area contributed by atoms with Crippen LogP contribution in [0, 0.1) is 0 Å². The van der Waals surface area contributed by atoms with Gasteiger partial charge in [0.1, 0.15) is 0 Å². The fourth-order valence-corrected chi connectivity index (χ4v) is 6.20. The standard InChI is InChI=1S/C23H16N2S2/c24-23-25-18-8-10-20-21(22(18)27-23)17-12-16(7-9-19(17)26-20)15-6-5-13-3-1-2-4-14(13)11-15/h1-10,12,15H,11H2,(H2,24,25). The van der Waals surface area contributed by atoms with E-state index in [-0.39, 0.29) is 0 Å². The first-order valence-corrected chi connectivity index (χ1v) is 10.7. The van der Waals surface area contributed by atoms with Crippen molar-refractivity contribution in [3.05, 3.63) is 77.4 Å². The molecule has 2 aromatic heterocycles. The SMILES string of the molecule is Nc1nc2ccc3sc4ccc(C5C=Cc6ccccc6C5)cc4c3c2s1. The quantitative estimate of drug-likeness (QED) is 0.354. The van der Waals surface area contributed by atoms with Crippen molar-refractivity contribution in [2.45, 2.75) is 12.3 Å². The van der Waals surface area contributed by atoms with E-state index in [0.29, 0.717) is 11.0 Å². The number of thiophene rings is 1. The van der Waals surface area contributed by atoms with Crippen LogP contribution in [0.25, 0.3) is 36.5 Å². The van der Waals surface area contributed by atoms with Gasteiger partial charge in [-0.15, -0.1) is 11.3 Å². The molecule has 6 rings (SSSR count). The van der Waals surface area contributed by atoms with Gasteiger partial charge in [-0.1, -0.05) is 53.8 Å². The van der Waals surface area contributed by atoms with E-state index >= 15 is 0 Å². The van der Waals surface area contributed by atoms with Gasteiger partial charge in [-0.2, -0.15) is 0 Å². The maximum atomic E-state index is 5.99. The number of nitrogen functional groups attached to an aromatic ring is 1. The van der Waals surface area contributed by atoms with Crippen molar-refractivity contribution < 1.29 is 0 Å². The van der Waals surface area contributed by atoms with Crippen LogP contribution in [-0.4, -0.2) is 4.98 Å². The molecule has 2 heterocycles. The summed E-state index contributed by atoms with van der Waals surface area (Å²) >= 11 is 3.44. The molecular formula is C23H16N2S2. The normalized spacial score (nSPS) is 16.4. The number of hydrogen-bond donors (Lipinski definition) is 1. The van der Waals surface area contributed by atoms with Crippen LogP contribution in [0.1, 0.15) is 22.6 Å². The highest BCUT2D eigenvalue weighted by Gasteiger charge is 2.18. The summed E-state index contributed by atoms with van der Waals surface area (Å²) in [5.41, 5.74) is 11.1. The van der Waals surface area contributed by atoms with Gasteiger partial charge in [-0.25, -0.2) is 4.98 Å². The lowest BCUT2D eigenvalue weighted by atomic mass is 9.85. The molecule has 1 atom stereocenters. The monoisotopic (exact) mass is 384 g/mol. The summed E-state index contributed by atoms with van der Waals surface area (Å²) in [6, 6.07) is 19.9. The summed E-state index contributed by atoms with van der Waals surface area (Å²) in [4.78, 5) is 4.48. The molecule has 5 aromatic rings. The molecule has 4 heteroatoms. The van der Waals surface area contributed by atoms with Gasteiger partial charge in [0, 0.05) is 26.1 Å². The van der Waals surface area contributed by atoms with Crippen LogP contribution in [0.4, 0.5) is 5.13 Å². The van der Waals surface area contributed by atoms with E-state index in [2.05, 4.69) is 71.7 Å². The molecule has 3 aromatic carbocycles. The summed E-state index contributed by atoms with van der Waals surface area (Å²) in [5.74, 6) is 0.421. The summed E-state index contributed by atoms with van der Waals surface area (Å²) in [6.07, 6.45) is 5.67. The van der Waals surface area contributed by atoms with Gasteiger partial charge in [0.2, 0.25) is 0 Å². The Kier molecular flexibility index (Phi) is 3.22. The Labute approximate surface area is 164 Å². The second kappa shape index (κ2) is 5.65. The van der Waals surface area contributed by atoms with Crippen molar-refractivity contribution in [1.29, 1.82) is 0 Å². The molecule has 2 nitrogen and oxygen atoms in total. The van der Waals surface area contributed by atoms with Gasteiger partial charge in [0.15, 0.2) is 5.13 Å². The minimum Gasteiger partial charge on any atom is -0.375 e. The minimum atomic E-state index is 0.421. The number of allylic oxidation sites excluding steroid dienone is 1. The number of nitrogens with two attached hydrogens (primary N) is 1. The number of benzene rings is 3. The van der Waals surface area contributed by atoms with Gasteiger partial charge in [-0.05, 0) is 47.4 Å². The van der Waals surface area contributed by atoms with E-state index in [0.717, 1.165) is 11.9 Å². The summed E-state index contributed by atoms with van der Waals surface area (Å²) in [5, 5.41) is 3.28. The lowest BCUT2D eigenvalue weighted by Crippen LogP contribution is -2.05. The molecule has 1 aliphatic carbocycles. The molecule has 0 aliphatic heterocycles. The first-order valence-electron chi connectivity index (χ1n) is 9.03. The van der Waals surface area contributed by atoms with Gasteiger partial charge >= 0.3 is 0 Å². The van der Waals surface area contributed by atoms with Crippen LogP contribution in [0.2, 0.25) is 0 Å². The van der Waals surface area contributed by atoms with E-state index < -0.39 is 0 Å². The second-order valence-corrected chi connectivity index (χ2v) is 9.18. The number of nitrogens with zero attached hydrogens (tertiary/aromatic N) is 1. The molecule has 27 heavy (non-hydrogen) atoms. The largest absolute Gasteiger partial charge is 0.375 e. The molecule has 2 N–H and O–H groups in total. The number of rotatable bonds is 1. The van der Waals surface area contributed by atoms with Crippen molar-refractivity contribution in [3.8, 4) is 0 Å². The Hall–Kier alpha value is -2.69. The topological polar surface area (TPSA) is 38.9 Å². The van der Waals surface area contributed by atoms with Crippen molar-refractivity contribution in [2.75, 3.05) is 5.73 Å². The number of anilines is 1. The van der Waals surface area contributed by atoms with Crippen molar-refractivity contribution >= 4 is 64.3 Å². The highest BCUT2D eigenvalue weighted by Crippen LogP contribution is 2.42. The highest BCUT2D eigenvalue weighted by atomic mass is 32.1. The van der Waals surface area contributed by atoms with Crippen LogP contribution in [0.15, 0.2) is 60.7 Å². The van der Waals surface area contributed by atoms with E-state index in [1.165, 1.54) is 41.6 Å². The molecule has 0 spiro atoms. The zero-order chi connectivity index (χ0) is 18.0. The summed E-state index contributed by atoms with van der Waals surface area (Å²) in [6.45, 7) is 0. The minimum absolute atomic E-state index is 0.421. The van der Waals surface area contributed by atoms with Gasteiger partial charge in [0.05, 0.1) is 10.2 Å². The highest BCUT2D eigenvalue weighted by molar-refractivity contribution is 7.28. The molecule has 0 radical (unpaired) electrons. The number of thiazole rings is 1. The second-order valence-electron chi connectivity index (χ2n) is 7.07. The Morgan fingerprint density at radius 3 is 2.81 bits per heavy atom. The lowest BCUT2D eigenvalue weighted by molar-refractivity contribution is 0.828. The fraction of sp³-hybridized carbons (Fsp3) is 0.0870. The van der Waals surface area contributed by atoms with Crippen LogP contribution in [0.3, 0.4) is 0 Å². The average molecular weight is 385 g/mol. The molecule has 130 valence electrons. The maximum absolute atomic E-state index is 5.99. The molecular weight excluding hydrogens is 368 g/mol. The summed E-state index contributed by atoms with van der Waals surface area (Å²) in [7, 11) is 0. The zero-order valence-electron chi connectivity index (χ0n) is 14.5. The van der Waals surface area contributed by atoms with Crippen molar-refractivity contribution in [1.82, 2.24) is 4.98 Å². The molecule has 1 aliphatic rings. The summed E-state index contributed by atoms with van der Waals surface area (Å²) < 4.78 is 3.84. The predicted molar refractivity (Wildman–Crippen MR) is 119 cm³/mol. The number of aromatic nitrogens is 1. The molecule has 0 saturated heterocycles. The smallest absolute Gasteiger partial charge is 0.181 e. The molecule has 0 amide bonds. The third-order valence-corrected chi connectivity index (χ3v) is 7.51. The first-order chi connectivity index (χ1) is 13.3. The Bertz CT molecular complexity index is 1370. The molecule has 0 fully saturated rings. The molecule has 0 saturated carbocycles. The van der Waals surface area contributed by atoms with Crippen LogP contribution in [0.5, 0.6) is 0 Å². The van der Waals surface area contributed by atoms with E-state index in [1.807, 2.05) is 11.3 Å². The van der Waals surface area contributed by atoms with Crippen molar-refractivity contribution in [2.24, 2.45) is 0 Å². The van der Waals surface area contributed by atoms with E-state index in [1.54, 1.807) is 11.3 Å². The third kappa shape index (κ3) is 2.34. The van der Waals surface area contributed by atoms with Crippen LogP contribution >= 0.6 is 22.7 Å². The number of fused-ring (bicyclic) bond motifs is 6. The predicted octanol–water partition coefficient (Wildman–Crippen LogP) is 6.60. The van der Waals surface area contributed by atoms with Gasteiger partial charge in [0.25, 0.3) is 0 Å². The van der Waals surface area contributed by atoms with Crippen LogP contribution in [-0.2, 0) is 6.42 Å². The van der Waals surface area contributed by atoms with Crippen molar-refractivity contribution in [3.63, 3.8) is 0 Å².